The summed E-state index contributed by atoms with van der Waals surface area (Å²) >= 11 is 3.23. The number of halogens is 2. The molecule has 0 aliphatic heterocycles. The molecule has 0 saturated heterocycles. The summed E-state index contributed by atoms with van der Waals surface area (Å²) in [5.74, 6) is -0.457. The highest BCUT2D eigenvalue weighted by Gasteiger charge is 2.10. The number of carbonyl (C=O) groups excluding carboxylic acids is 1. The van der Waals surface area contributed by atoms with E-state index in [-0.39, 0.29) is 5.78 Å². The normalized spacial score (nSPS) is 10.1. The van der Waals surface area contributed by atoms with E-state index < -0.39 is 5.82 Å². The maximum atomic E-state index is 12.9. The molecule has 1 nitrogen and oxygen atoms in total. The molecule has 0 bridgehead atoms. The number of carbonyl (C=O) groups is 1. The van der Waals surface area contributed by atoms with E-state index in [0.29, 0.717) is 22.9 Å². The molecule has 3 heteroatoms. The van der Waals surface area contributed by atoms with Gasteiger partial charge in [0, 0.05) is 16.5 Å². The maximum Gasteiger partial charge on any atom is 0.164 e. The first-order valence-electron chi connectivity index (χ1n) is 4.63. The van der Waals surface area contributed by atoms with E-state index in [4.69, 9.17) is 0 Å². The third kappa shape index (κ3) is 3.59. The minimum Gasteiger partial charge on any atom is -0.294 e. The highest BCUT2D eigenvalue weighted by atomic mass is 79.9. The molecule has 0 N–H and O–H groups in total. The van der Waals surface area contributed by atoms with Crippen LogP contribution in [0.3, 0.4) is 0 Å². The first kappa shape index (κ1) is 12.1. The van der Waals surface area contributed by atoms with Gasteiger partial charge in [0.15, 0.2) is 5.78 Å². The highest BCUT2D eigenvalue weighted by Crippen LogP contribution is 2.20. The molecule has 1 rings (SSSR count). The van der Waals surface area contributed by atoms with E-state index in [1.807, 2.05) is 6.92 Å². The monoisotopic (exact) mass is 270 g/mol. The van der Waals surface area contributed by atoms with Gasteiger partial charge in [-0.1, -0.05) is 21.5 Å². The van der Waals surface area contributed by atoms with Crippen molar-refractivity contribution in [2.24, 2.45) is 0 Å². The van der Waals surface area contributed by atoms with Crippen LogP contribution in [-0.2, 0) is 0 Å². The molecule has 0 unspecified atom stereocenters. The second kappa shape index (κ2) is 5.21. The fourth-order valence-corrected chi connectivity index (χ4v) is 1.64. The highest BCUT2D eigenvalue weighted by molar-refractivity contribution is 9.10. The molecule has 0 radical (unpaired) electrons. The Labute approximate surface area is 97.1 Å². The molecular weight excluding hydrogens is 259 g/mol. The summed E-state index contributed by atoms with van der Waals surface area (Å²) in [6.45, 7) is 5.59. The van der Waals surface area contributed by atoms with Crippen molar-refractivity contribution >= 4 is 21.7 Å². The zero-order valence-electron chi connectivity index (χ0n) is 8.52. The summed E-state index contributed by atoms with van der Waals surface area (Å²) in [5, 5.41) is 0. The molecule has 15 heavy (non-hydrogen) atoms. The molecule has 1 aromatic rings. The number of benzene rings is 1. The second-order valence-electron chi connectivity index (χ2n) is 3.50. The van der Waals surface area contributed by atoms with Crippen LogP contribution in [0.2, 0.25) is 0 Å². The topological polar surface area (TPSA) is 17.1 Å². The Kier molecular flexibility index (Phi) is 4.21. The minimum absolute atomic E-state index is 0.0654. The third-order valence-electron chi connectivity index (χ3n) is 2.01. The van der Waals surface area contributed by atoms with Gasteiger partial charge in [0.1, 0.15) is 5.82 Å². The van der Waals surface area contributed by atoms with Gasteiger partial charge in [0.25, 0.3) is 0 Å². The van der Waals surface area contributed by atoms with Crippen LogP contribution in [0, 0.1) is 5.82 Å². The lowest BCUT2D eigenvalue weighted by Crippen LogP contribution is -2.01. The predicted molar refractivity (Wildman–Crippen MR) is 62.5 cm³/mol. The molecule has 0 spiro atoms. The Morgan fingerprint density at radius 3 is 2.73 bits per heavy atom. The molecular formula is C12H12BrFO. The minimum atomic E-state index is -0.392. The number of allylic oxidation sites excluding steroid dienone is 1. The van der Waals surface area contributed by atoms with E-state index in [1.54, 1.807) is 6.07 Å². The maximum absolute atomic E-state index is 12.9. The molecule has 0 fully saturated rings. The van der Waals surface area contributed by atoms with Gasteiger partial charge in [-0.05, 0) is 31.5 Å². The molecule has 0 amide bonds. The van der Waals surface area contributed by atoms with Crippen molar-refractivity contribution in [2.75, 3.05) is 0 Å². The summed E-state index contributed by atoms with van der Waals surface area (Å²) in [7, 11) is 0. The van der Waals surface area contributed by atoms with Crippen molar-refractivity contribution in [1.29, 1.82) is 0 Å². The van der Waals surface area contributed by atoms with Crippen molar-refractivity contribution in [3.05, 3.63) is 46.2 Å². The first-order chi connectivity index (χ1) is 7.00. The van der Waals surface area contributed by atoms with Crippen LogP contribution in [0.15, 0.2) is 34.8 Å². The van der Waals surface area contributed by atoms with Gasteiger partial charge in [-0.2, -0.15) is 0 Å². The molecule has 0 heterocycles. The van der Waals surface area contributed by atoms with Crippen molar-refractivity contribution in [2.45, 2.75) is 19.8 Å². The zero-order valence-corrected chi connectivity index (χ0v) is 10.1. The number of rotatable bonds is 4. The smallest absolute Gasteiger partial charge is 0.164 e. The fourth-order valence-electron chi connectivity index (χ4n) is 1.17. The molecule has 0 saturated carbocycles. The van der Waals surface area contributed by atoms with Gasteiger partial charge in [-0.3, -0.25) is 4.79 Å². The summed E-state index contributed by atoms with van der Waals surface area (Å²) in [6, 6.07) is 4.12. The Morgan fingerprint density at radius 2 is 2.13 bits per heavy atom. The molecule has 0 aliphatic rings. The molecule has 1 aromatic carbocycles. The fraction of sp³-hybridized carbons (Fsp3) is 0.250. The summed E-state index contributed by atoms with van der Waals surface area (Å²) in [5.41, 5.74) is 1.35. The number of ketones is 1. The Balaban J connectivity index is 2.81. The predicted octanol–water partition coefficient (Wildman–Crippen LogP) is 4.13. The van der Waals surface area contributed by atoms with E-state index >= 15 is 0 Å². The third-order valence-corrected chi connectivity index (χ3v) is 2.70. The van der Waals surface area contributed by atoms with Gasteiger partial charge in [-0.15, -0.1) is 6.58 Å². The Bertz CT molecular complexity index is 399. The summed E-state index contributed by atoms with van der Waals surface area (Å²) < 4.78 is 13.6. The average Bonchev–Trinajstić information content (AvgIpc) is 2.18. The second-order valence-corrected chi connectivity index (χ2v) is 4.36. The van der Waals surface area contributed by atoms with Gasteiger partial charge in [0.05, 0.1) is 0 Å². The van der Waals surface area contributed by atoms with Gasteiger partial charge < -0.3 is 0 Å². The van der Waals surface area contributed by atoms with E-state index in [0.717, 1.165) is 5.57 Å². The Morgan fingerprint density at radius 1 is 1.47 bits per heavy atom. The quantitative estimate of drug-likeness (QED) is 0.594. The standard InChI is InChI=1S/C12H12BrFO/c1-8(2)3-6-12(15)10-7-9(14)4-5-11(10)13/h4-5,7H,1,3,6H2,2H3. The molecule has 0 aromatic heterocycles. The van der Waals surface area contributed by atoms with Crippen LogP contribution in [0.1, 0.15) is 30.1 Å². The lowest BCUT2D eigenvalue weighted by molar-refractivity contribution is 0.0981. The SMILES string of the molecule is C=C(C)CCC(=O)c1cc(F)ccc1Br. The number of hydrogen-bond donors (Lipinski definition) is 0. The van der Waals surface area contributed by atoms with Crippen molar-refractivity contribution in [3.63, 3.8) is 0 Å². The average molecular weight is 271 g/mol. The van der Waals surface area contributed by atoms with E-state index in [2.05, 4.69) is 22.5 Å². The van der Waals surface area contributed by atoms with Gasteiger partial charge in [0.2, 0.25) is 0 Å². The number of hydrogen-bond acceptors (Lipinski definition) is 1. The van der Waals surface area contributed by atoms with E-state index in [9.17, 15) is 9.18 Å². The van der Waals surface area contributed by atoms with Crippen LogP contribution >= 0.6 is 15.9 Å². The lowest BCUT2D eigenvalue weighted by atomic mass is 10.0. The van der Waals surface area contributed by atoms with Gasteiger partial charge >= 0.3 is 0 Å². The Hall–Kier alpha value is -0.960. The van der Waals surface area contributed by atoms with Crippen molar-refractivity contribution < 1.29 is 9.18 Å². The van der Waals surface area contributed by atoms with Crippen LogP contribution < -0.4 is 0 Å². The van der Waals surface area contributed by atoms with Crippen molar-refractivity contribution in [3.8, 4) is 0 Å². The van der Waals surface area contributed by atoms with E-state index in [1.165, 1.54) is 12.1 Å². The van der Waals surface area contributed by atoms with Crippen LogP contribution in [0.25, 0.3) is 0 Å². The lowest BCUT2D eigenvalue weighted by Gasteiger charge is -2.03. The van der Waals surface area contributed by atoms with Crippen molar-refractivity contribution in [1.82, 2.24) is 0 Å². The number of Topliss-reactive ketones (excluding diaryl/α,β-unsaturated/α-hetero) is 1. The summed E-state index contributed by atoms with van der Waals surface area (Å²) in [4.78, 5) is 11.7. The largest absolute Gasteiger partial charge is 0.294 e. The molecule has 0 atom stereocenters. The summed E-state index contributed by atoms with van der Waals surface area (Å²) in [6.07, 6.45) is 1.01. The van der Waals surface area contributed by atoms with Crippen LogP contribution in [0.5, 0.6) is 0 Å². The molecule has 80 valence electrons. The first-order valence-corrected chi connectivity index (χ1v) is 5.42. The van der Waals surface area contributed by atoms with Gasteiger partial charge in [-0.25, -0.2) is 4.39 Å². The zero-order chi connectivity index (χ0) is 11.4. The van der Waals surface area contributed by atoms with Crippen LogP contribution in [0.4, 0.5) is 4.39 Å². The molecule has 0 aliphatic carbocycles. The van der Waals surface area contributed by atoms with Crippen LogP contribution in [-0.4, -0.2) is 5.78 Å².